The number of aliphatic hydroxyl groups excluding tert-OH is 4. The summed E-state index contributed by atoms with van der Waals surface area (Å²) in [6.07, 6.45) is -3.54. The van der Waals surface area contributed by atoms with Crippen LogP contribution in [-0.4, -0.2) is 56.5 Å². The first-order valence-corrected chi connectivity index (χ1v) is 8.66. The minimum absolute atomic E-state index is 0.0957. The molecule has 8 heteroatoms. The van der Waals surface area contributed by atoms with Gasteiger partial charge in [0.15, 0.2) is 5.76 Å². The number of nitrogens with zero attached hydrogens (tertiary/aromatic N) is 2. The molecule has 0 saturated heterocycles. The zero-order valence-electron chi connectivity index (χ0n) is 14.9. The third-order valence-corrected chi connectivity index (χ3v) is 4.03. The van der Waals surface area contributed by atoms with E-state index in [0.717, 1.165) is 17.3 Å². The molecule has 0 fully saturated rings. The fraction of sp³-hybridized carbons (Fsp3) is 0.200. The van der Waals surface area contributed by atoms with Crippen molar-refractivity contribution in [2.75, 3.05) is 12.0 Å². The van der Waals surface area contributed by atoms with E-state index in [1.165, 1.54) is 0 Å². The quantitative estimate of drug-likeness (QED) is 0.294. The van der Waals surface area contributed by atoms with E-state index >= 15 is 0 Å². The van der Waals surface area contributed by atoms with Gasteiger partial charge in [0.05, 0.1) is 12.8 Å². The van der Waals surface area contributed by atoms with Crippen molar-refractivity contribution in [1.82, 2.24) is 4.98 Å². The number of nitrogens with one attached hydrogen (secondary N) is 1. The topological polar surface area (TPSA) is 131 Å². The molecule has 0 aliphatic rings. The summed E-state index contributed by atoms with van der Waals surface area (Å²) in [5.74, 6) is 0.556. The molecule has 8 nitrogen and oxygen atoms in total. The maximum Gasteiger partial charge on any atom is 0.316 e. The predicted molar refractivity (Wildman–Crippen MR) is 105 cm³/mol. The van der Waals surface area contributed by atoms with E-state index in [9.17, 15) is 15.3 Å². The highest BCUT2D eigenvalue weighted by Crippen LogP contribution is 2.34. The molecule has 0 amide bonds. The lowest BCUT2D eigenvalue weighted by Gasteiger charge is -2.17. The van der Waals surface area contributed by atoms with Gasteiger partial charge in [-0.1, -0.05) is 60.7 Å². The van der Waals surface area contributed by atoms with Crippen molar-refractivity contribution >= 4 is 12.2 Å². The van der Waals surface area contributed by atoms with Gasteiger partial charge in [-0.2, -0.15) is 10.1 Å². The van der Waals surface area contributed by atoms with Gasteiger partial charge in [-0.05, 0) is 0 Å². The molecule has 28 heavy (non-hydrogen) atoms. The van der Waals surface area contributed by atoms with Crippen molar-refractivity contribution in [3.05, 3.63) is 60.7 Å². The Morgan fingerprint density at radius 3 is 2.18 bits per heavy atom. The van der Waals surface area contributed by atoms with E-state index in [4.69, 9.17) is 9.52 Å². The summed E-state index contributed by atoms with van der Waals surface area (Å²) >= 11 is 0. The molecule has 0 saturated carbocycles. The first kappa shape index (κ1) is 19.7. The van der Waals surface area contributed by atoms with Crippen LogP contribution < -0.4 is 5.43 Å². The highest BCUT2D eigenvalue weighted by Gasteiger charge is 2.22. The zero-order chi connectivity index (χ0) is 19.9. The minimum Gasteiger partial charge on any atom is -0.422 e. The van der Waals surface area contributed by atoms with Gasteiger partial charge >= 0.3 is 6.01 Å². The van der Waals surface area contributed by atoms with Crippen molar-refractivity contribution in [1.29, 1.82) is 0 Å². The summed E-state index contributed by atoms with van der Waals surface area (Å²) < 4.78 is 5.80. The first-order valence-electron chi connectivity index (χ1n) is 8.66. The number of hydrazone groups is 1. The standard InChI is InChI=1S/C20H21N3O5/c24-12-16(26)18(27)15(25)11-21-23-20-22-17(13-7-3-1-4-8-13)19(28-20)14-9-5-2-6-10-14/h1-11,15-16,18,24-27H,12H2,(H,22,23)/b21-11+/t15-,16-,18+/m0/s1. The van der Waals surface area contributed by atoms with Gasteiger partial charge < -0.3 is 24.8 Å². The predicted octanol–water partition coefficient (Wildman–Crippen LogP) is 1.48. The Morgan fingerprint density at radius 2 is 1.57 bits per heavy atom. The fourth-order valence-corrected chi connectivity index (χ4v) is 2.54. The summed E-state index contributed by atoms with van der Waals surface area (Å²) in [5.41, 5.74) is 4.89. The third kappa shape index (κ3) is 4.62. The van der Waals surface area contributed by atoms with Crippen LogP contribution in [-0.2, 0) is 0 Å². The second-order valence-corrected chi connectivity index (χ2v) is 6.05. The van der Waals surface area contributed by atoms with Crippen molar-refractivity contribution in [2.45, 2.75) is 18.3 Å². The Morgan fingerprint density at radius 1 is 0.964 bits per heavy atom. The Labute approximate surface area is 161 Å². The molecular formula is C20H21N3O5. The average molecular weight is 383 g/mol. The van der Waals surface area contributed by atoms with Gasteiger partial charge in [-0.15, -0.1) is 0 Å². The van der Waals surface area contributed by atoms with E-state index in [1.807, 2.05) is 60.7 Å². The maximum atomic E-state index is 9.75. The van der Waals surface area contributed by atoms with E-state index < -0.39 is 24.9 Å². The number of benzene rings is 2. The number of hydrogen-bond acceptors (Lipinski definition) is 8. The molecule has 3 atom stereocenters. The number of anilines is 1. The molecule has 0 bridgehead atoms. The van der Waals surface area contributed by atoms with Crippen LogP contribution in [0, 0.1) is 0 Å². The molecular weight excluding hydrogens is 362 g/mol. The van der Waals surface area contributed by atoms with Crippen LogP contribution in [0.3, 0.4) is 0 Å². The lowest BCUT2D eigenvalue weighted by molar-refractivity contribution is -0.0541. The largest absolute Gasteiger partial charge is 0.422 e. The van der Waals surface area contributed by atoms with E-state index in [-0.39, 0.29) is 6.01 Å². The van der Waals surface area contributed by atoms with Gasteiger partial charge in [-0.3, -0.25) is 0 Å². The van der Waals surface area contributed by atoms with Crippen LogP contribution >= 0.6 is 0 Å². The first-order chi connectivity index (χ1) is 13.6. The zero-order valence-corrected chi connectivity index (χ0v) is 14.9. The number of rotatable bonds is 8. The third-order valence-electron chi connectivity index (χ3n) is 4.03. The Kier molecular flexibility index (Phi) is 6.51. The molecule has 5 N–H and O–H groups in total. The van der Waals surface area contributed by atoms with Gasteiger partial charge in [0.1, 0.15) is 24.0 Å². The molecule has 0 radical (unpaired) electrons. The summed E-state index contributed by atoms with van der Waals surface area (Å²) in [7, 11) is 0. The monoisotopic (exact) mass is 383 g/mol. The molecule has 146 valence electrons. The number of hydrogen-bond donors (Lipinski definition) is 5. The molecule has 0 aliphatic heterocycles. The highest BCUT2D eigenvalue weighted by molar-refractivity contribution is 5.78. The lowest BCUT2D eigenvalue weighted by Crippen LogP contribution is -2.40. The van der Waals surface area contributed by atoms with Gasteiger partial charge in [0, 0.05) is 11.1 Å². The Hall–Kier alpha value is -3.04. The summed E-state index contributed by atoms with van der Waals surface area (Å²) in [5, 5.41) is 41.3. The minimum atomic E-state index is -1.57. The van der Waals surface area contributed by atoms with Crippen molar-refractivity contribution < 1.29 is 24.8 Å². The van der Waals surface area contributed by atoms with Gasteiger partial charge in [0.25, 0.3) is 0 Å². The molecule has 0 unspecified atom stereocenters. The van der Waals surface area contributed by atoms with E-state index in [2.05, 4.69) is 15.5 Å². The maximum absolute atomic E-state index is 9.75. The van der Waals surface area contributed by atoms with Crippen molar-refractivity contribution in [2.24, 2.45) is 5.10 Å². The molecule has 0 spiro atoms. The van der Waals surface area contributed by atoms with Crippen LogP contribution in [0.25, 0.3) is 22.6 Å². The molecule has 0 aliphatic carbocycles. The molecule has 3 rings (SSSR count). The van der Waals surface area contributed by atoms with Crippen molar-refractivity contribution in [3.8, 4) is 22.6 Å². The Balaban J connectivity index is 1.83. The molecule has 1 heterocycles. The van der Waals surface area contributed by atoms with Gasteiger partial charge in [-0.25, -0.2) is 5.43 Å². The highest BCUT2D eigenvalue weighted by atomic mass is 16.4. The number of aromatic nitrogens is 1. The lowest BCUT2D eigenvalue weighted by atomic mass is 10.1. The fourth-order valence-electron chi connectivity index (χ4n) is 2.54. The van der Waals surface area contributed by atoms with E-state index in [1.54, 1.807) is 0 Å². The van der Waals surface area contributed by atoms with Crippen LogP contribution in [0.4, 0.5) is 6.01 Å². The summed E-state index contributed by atoms with van der Waals surface area (Å²) in [6.45, 7) is -0.680. The van der Waals surface area contributed by atoms with Gasteiger partial charge in [0.2, 0.25) is 0 Å². The normalized spacial score (nSPS) is 14.7. The van der Waals surface area contributed by atoms with Crippen molar-refractivity contribution in [3.63, 3.8) is 0 Å². The van der Waals surface area contributed by atoms with Crippen LogP contribution in [0.5, 0.6) is 0 Å². The SMILES string of the molecule is OC[C@H](O)[C@H](O)[C@@H](O)/C=N/Nc1nc(-c2ccccc2)c(-c2ccccc2)o1. The van der Waals surface area contributed by atoms with Crippen LogP contribution in [0.2, 0.25) is 0 Å². The molecule has 1 aromatic heterocycles. The van der Waals surface area contributed by atoms with E-state index in [0.29, 0.717) is 11.5 Å². The second kappa shape index (κ2) is 9.25. The Bertz CT molecular complexity index is 842. The molecule has 2 aromatic carbocycles. The average Bonchev–Trinajstić information content (AvgIpc) is 3.18. The summed E-state index contributed by atoms with van der Waals surface area (Å²) in [4.78, 5) is 4.42. The number of oxazole rings is 1. The van der Waals surface area contributed by atoms with Crippen LogP contribution in [0.15, 0.2) is 70.2 Å². The van der Waals surface area contributed by atoms with Crippen LogP contribution in [0.1, 0.15) is 0 Å². The summed E-state index contributed by atoms with van der Waals surface area (Å²) in [6, 6.07) is 19.1. The second-order valence-electron chi connectivity index (χ2n) is 6.05. The number of aliphatic hydroxyl groups is 4. The smallest absolute Gasteiger partial charge is 0.316 e. The molecule has 3 aromatic rings.